The van der Waals surface area contributed by atoms with E-state index in [1.807, 2.05) is 41.9 Å². The second-order valence-corrected chi connectivity index (χ2v) is 8.58. The zero-order valence-electron chi connectivity index (χ0n) is 15.5. The van der Waals surface area contributed by atoms with E-state index in [-0.39, 0.29) is 23.0 Å². The van der Waals surface area contributed by atoms with Gasteiger partial charge in [0.15, 0.2) is 9.84 Å². The summed E-state index contributed by atoms with van der Waals surface area (Å²) in [6.07, 6.45) is 1.65. The highest BCUT2D eigenvalue weighted by Gasteiger charge is 2.19. The molecule has 1 amide bonds. The standard InChI is InChI=1S/C20H23N3O3S/c1-3-23-18(10-12-21-23)15-22(2)20(24)11-13-27(25,26)19-9-8-16-6-4-5-7-17(16)14-19/h4-10,12,14H,3,11,13,15H2,1-2H3. The average molecular weight is 385 g/mol. The summed E-state index contributed by atoms with van der Waals surface area (Å²) in [6.45, 7) is 3.11. The van der Waals surface area contributed by atoms with E-state index >= 15 is 0 Å². The number of rotatable bonds is 7. The first-order valence-corrected chi connectivity index (χ1v) is 10.5. The summed E-state index contributed by atoms with van der Waals surface area (Å²) in [5.41, 5.74) is 0.922. The fourth-order valence-corrected chi connectivity index (χ4v) is 4.26. The smallest absolute Gasteiger partial charge is 0.223 e. The Hall–Kier alpha value is -2.67. The quantitative estimate of drug-likeness (QED) is 0.627. The number of hydrogen-bond donors (Lipinski definition) is 0. The van der Waals surface area contributed by atoms with E-state index in [0.717, 1.165) is 23.0 Å². The number of amides is 1. The fourth-order valence-electron chi connectivity index (χ4n) is 3.00. The molecule has 142 valence electrons. The highest BCUT2D eigenvalue weighted by molar-refractivity contribution is 7.91. The number of aromatic nitrogens is 2. The van der Waals surface area contributed by atoms with Crippen molar-refractivity contribution in [2.24, 2.45) is 0 Å². The van der Waals surface area contributed by atoms with Crippen LogP contribution in [0.15, 0.2) is 59.6 Å². The number of carbonyl (C=O) groups is 1. The van der Waals surface area contributed by atoms with Gasteiger partial charge in [-0.25, -0.2) is 8.42 Å². The van der Waals surface area contributed by atoms with E-state index in [2.05, 4.69) is 5.10 Å². The molecule has 0 atom stereocenters. The van der Waals surface area contributed by atoms with Gasteiger partial charge in [0.1, 0.15) is 0 Å². The molecule has 0 aliphatic rings. The molecule has 0 radical (unpaired) electrons. The first kappa shape index (κ1) is 19.1. The molecule has 3 rings (SSSR count). The van der Waals surface area contributed by atoms with Crippen LogP contribution in [0.3, 0.4) is 0 Å². The van der Waals surface area contributed by atoms with Crippen LogP contribution in [0.1, 0.15) is 19.0 Å². The minimum absolute atomic E-state index is 0.0497. The van der Waals surface area contributed by atoms with E-state index < -0.39 is 9.84 Å². The molecule has 0 saturated carbocycles. The van der Waals surface area contributed by atoms with Gasteiger partial charge in [-0.3, -0.25) is 9.48 Å². The molecule has 27 heavy (non-hydrogen) atoms. The zero-order chi connectivity index (χ0) is 19.4. The Balaban J connectivity index is 1.65. The van der Waals surface area contributed by atoms with Crippen LogP contribution in [0.25, 0.3) is 10.8 Å². The van der Waals surface area contributed by atoms with Crippen molar-refractivity contribution in [3.05, 3.63) is 60.4 Å². The summed E-state index contributed by atoms with van der Waals surface area (Å²) >= 11 is 0. The van der Waals surface area contributed by atoms with Crippen LogP contribution in [0.4, 0.5) is 0 Å². The van der Waals surface area contributed by atoms with Gasteiger partial charge in [0.05, 0.1) is 22.9 Å². The third kappa shape index (κ3) is 4.36. The molecular formula is C20H23N3O3S. The van der Waals surface area contributed by atoms with Crippen molar-refractivity contribution >= 4 is 26.5 Å². The molecule has 0 aliphatic heterocycles. The van der Waals surface area contributed by atoms with Crippen LogP contribution in [-0.2, 0) is 27.7 Å². The van der Waals surface area contributed by atoms with Crippen LogP contribution in [0.5, 0.6) is 0 Å². The lowest BCUT2D eigenvalue weighted by Crippen LogP contribution is -2.29. The molecule has 6 nitrogen and oxygen atoms in total. The van der Waals surface area contributed by atoms with Crippen molar-refractivity contribution in [1.82, 2.24) is 14.7 Å². The van der Waals surface area contributed by atoms with E-state index in [9.17, 15) is 13.2 Å². The Morgan fingerprint density at radius 1 is 1.11 bits per heavy atom. The number of fused-ring (bicyclic) bond motifs is 1. The highest BCUT2D eigenvalue weighted by Crippen LogP contribution is 2.20. The predicted molar refractivity (Wildman–Crippen MR) is 105 cm³/mol. The molecular weight excluding hydrogens is 362 g/mol. The van der Waals surface area contributed by atoms with Gasteiger partial charge in [-0.15, -0.1) is 0 Å². The van der Waals surface area contributed by atoms with Gasteiger partial charge in [-0.2, -0.15) is 5.10 Å². The summed E-state index contributed by atoms with van der Waals surface area (Å²) in [5, 5.41) is 6.04. The maximum atomic E-state index is 12.6. The number of nitrogens with zero attached hydrogens (tertiary/aromatic N) is 3. The van der Waals surface area contributed by atoms with Gasteiger partial charge < -0.3 is 4.90 Å². The zero-order valence-corrected chi connectivity index (χ0v) is 16.3. The van der Waals surface area contributed by atoms with Gasteiger partial charge in [-0.1, -0.05) is 30.3 Å². The molecule has 7 heteroatoms. The van der Waals surface area contributed by atoms with E-state index in [1.165, 1.54) is 0 Å². The minimum atomic E-state index is -3.52. The fraction of sp³-hybridized carbons (Fsp3) is 0.300. The van der Waals surface area contributed by atoms with Gasteiger partial charge in [0.25, 0.3) is 0 Å². The molecule has 2 aromatic carbocycles. The molecule has 0 bridgehead atoms. The third-order valence-corrected chi connectivity index (χ3v) is 6.31. The Kier molecular flexibility index (Phi) is 5.60. The molecule has 0 saturated heterocycles. The summed E-state index contributed by atoms with van der Waals surface area (Å²) in [5.74, 6) is -0.412. The van der Waals surface area contributed by atoms with E-state index in [4.69, 9.17) is 0 Å². The number of hydrogen-bond acceptors (Lipinski definition) is 4. The number of carbonyl (C=O) groups excluding carboxylic acids is 1. The molecule has 0 unspecified atom stereocenters. The predicted octanol–water partition coefficient (Wildman–Crippen LogP) is 2.88. The summed E-state index contributed by atoms with van der Waals surface area (Å²) in [7, 11) is -1.84. The molecule has 3 aromatic rings. The Morgan fingerprint density at radius 3 is 2.59 bits per heavy atom. The summed E-state index contributed by atoms with van der Waals surface area (Å²) < 4.78 is 27.1. The molecule has 1 aromatic heterocycles. The minimum Gasteiger partial charge on any atom is -0.340 e. The van der Waals surface area contributed by atoms with Gasteiger partial charge in [0.2, 0.25) is 5.91 Å². The largest absolute Gasteiger partial charge is 0.340 e. The number of benzene rings is 2. The second kappa shape index (κ2) is 7.92. The van der Waals surface area contributed by atoms with Crippen LogP contribution in [-0.4, -0.2) is 41.8 Å². The Bertz CT molecular complexity index is 1060. The van der Waals surface area contributed by atoms with Gasteiger partial charge in [-0.05, 0) is 35.9 Å². The molecule has 0 spiro atoms. The van der Waals surface area contributed by atoms with Crippen molar-refractivity contribution in [1.29, 1.82) is 0 Å². The van der Waals surface area contributed by atoms with Crippen LogP contribution in [0, 0.1) is 0 Å². The molecule has 1 heterocycles. The summed E-state index contributed by atoms with van der Waals surface area (Å²) in [6, 6.07) is 14.5. The van der Waals surface area contributed by atoms with Crippen molar-refractivity contribution in [3.8, 4) is 0 Å². The SMILES string of the molecule is CCn1nccc1CN(C)C(=O)CCS(=O)(=O)c1ccc2ccccc2c1. The molecule has 0 fully saturated rings. The monoisotopic (exact) mass is 385 g/mol. The van der Waals surface area contributed by atoms with Crippen LogP contribution < -0.4 is 0 Å². The first-order valence-electron chi connectivity index (χ1n) is 8.87. The molecule has 0 N–H and O–H groups in total. The van der Waals surface area contributed by atoms with Crippen molar-refractivity contribution in [3.63, 3.8) is 0 Å². The molecule has 0 aliphatic carbocycles. The van der Waals surface area contributed by atoms with E-state index in [1.54, 1.807) is 36.3 Å². The maximum absolute atomic E-state index is 12.6. The Morgan fingerprint density at radius 2 is 1.85 bits per heavy atom. The third-order valence-electron chi connectivity index (χ3n) is 4.59. The van der Waals surface area contributed by atoms with Crippen molar-refractivity contribution in [2.45, 2.75) is 31.3 Å². The Labute approximate surface area is 159 Å². The van der Waals surface area contributed by atoms with Crippen LogP contribution in [0.2, 0.25) is 0 Å². The van der Waals surface area contributed by atoms with Crippen molar-refractivity contribution in [2.75, 3.05) is 12.8 Å². The normalized spacial score (nSPS) is 11.6. The van der Waals surface area contributed by atoms with Gasteiger partial charge >= 0.3 is 0 Å². The summed E-state index contributed by atoms with van der Waals surface area (Å²) in [4.78, 5) is 14.2. The lowest BCUT2D eigenvalue weighted by atomic mass is 10.1. The second-order valence-electron chi connectivity index (χ2n) is 6.47. The van der Waals surface area contributed by atoms with E-state index in [0.29, 0.717) is 6.54 Å². The van der Waals surface area contributed by atoms with Gasteiger partial charge in [0, 0.05) is 26.2 Å². The number of sulfone groups is 1. The average Bonchev–Trinajstić information content (AvgIpc) is 3.12. The topological polar surface area (TPSA) is 72.3 Å². The maximum Gasteiger partial charge on any atom is 0.223 e. The number of aryl methyl sites for hydroxylation is 1. The van der Waals surface area contributed by atoms with Crippen molar-refractivity contribution < 1.29 is 13.2 Å². The van der Waals surface area contributed by atoms with Crippen LogP contribution >= 0.6 is 0 Å². The highest BCUT2D eigenvalue weighted by atomic mass is 32.2. The lowest BCUT2D eigenvalue weighted by molar-refractivity contribution is -0.130. The lowest BCUT2D eigenvalue weighted by Gasteiger charge is -2.17. The first-order chi connectivity index (χ1) is 12.9.